The van der Waals surface area contributed by atoms with Crippen LogP contribution >= 0.6 is 0 Å². The van der Waals surface area contributed by atoms with E-state index in [9.17, 15) is 4.39 Å². The van der Waals surface area contributed by atoms with Gasteiger partial charge >= 0.3 is 0 Å². The molecule has 1 aromatic rings. The third-order valence-corrected chi connectivity index (χ3v) is 4.52. The first-order chi connectivity index (χ1) is 10.0. The summed E-state index contributed by atoms with van der Waals surface area (Å²) in [6.45, 7) is 7.50. The molecule has 1 aromatic carbocycles. The Bertz CT molecular complexity index is 402. The number of benzene rings is 1. The number of nitrogens with zero attached hydrogens (tertiary/aromatic N) is 1. The number of hydrogen-bond donors (Lipinski definition) is 1. The third kappa shape index (κ3) is 5.08. The Hall–Kier alpha value is -0.930. The van der Waals surface area contributed by atoms with Crippen molar-refractivity contribution >= 4 is 0 Å². The lowest BCUT2D eigenvalue weighted by Crippen LogP contribution is -2.44. The first-order valence-corrected chi connectivity index (χ1v) is 8.19. The van der Waals surface area contributed by atoms with Crippen LogP contribution in [0.1, 0.15) is 51.6 Å². The second kappa shape index (κ2) is 9.16. The van der Waals surface area contributed by atoms with Crippen LogP contribution in [0, 0.1) is 11.7 Å². The summed E-state index contributed by atoms with van der Waals surface area (Å²) in [5.41, 5.74) is 0.780. The monoisotopic (exact) mass is 294 g/mol. The van der Waals surface area contributed by atoms with E-state index in [1.807, 2.05) is 12.1 Å². The molecule has 0 radical (unpaired) electrons. The minimum atomic E-state index is -0.110. The highest BCUT2D eigenvalue weighted by Crippen LogP contribution is 2.22. The fourth-order valence-electron chi connectivity index (χ4n) is 3.10. The molecule has 0 aliphatic carbocycles. The zero-order valence-electron chi connectivity index (χ0n) is 14.2. The first kappa shape index (κ1) is 18.1. The van der Waals surface area contributed by atoms with Crippen molar-refractivity contribution in [1.29, 1.82) is 0 Å². The predicted octanol–water partition coefficient (Wildman–Crippen LogP) is 4.23. The van der Waals surface area contributed by atoms with Gasteiger partial charge in [-0.25, -0.2) is 4.39 Å². The highest BCUT2D eigenvalue weighted by atomic mass is 19.1. The molecule has 0 amide bonds. The number of hydrogen-bond acceptors (Lipinski definition) is 2. The largest absolute Gasteiger partial charge is 0.308 e. The molecule has 21 heavy (non-hydrogen) atoms. The molecule has 0 saturated carbocycles. The molecular formula is C18H31FN2. The van der Waals surface area contributed by atoms with Gasteiger partial charge in [-0.05, 0) is 32.5 Å². The Labute approximate surface area is 129 Å². The molecular weight excluding hydrogens is 263 g/mol. The van der Waals surface area contributed by atoms with Crippen molar-refractivity contribution in [3.05, 3.63) is 35.6 Å². The van der Waals surface area contributed by atoms with E-state index in [2.05, 4.69) is 45.1 Å². The maximum atomic E-state index is 14.0. The van der Waals surface area contributed by atoms with E-state index in [1.165, 1.54) is 12.8 Å². The van der Waals surface area contributed by atoms with Gasteiger partial charge in [0.15, 0.2) is 0 Å². The summed E-state index contributed by atoms with van der Waals surface area (Å²) in [5, 5.41) is 3.58. The Balaban J connectivity index is 2.75. The maximum absolute atomic E-state index is 14.0. The Morgan fingerprint density at radius 2 is 1.67 bits per heavy atom. The van der Waals surface area contributed by atoms with Crippen molar-refractivity contribution in [1.82, 2.24) is 10.2 Å². The molecule has 1 rings (SSSR count). The van der Waals surface area contributed by atoms with E-state index in [0.29, 0.717) is 12.0 Å². The predicted molar refractivity (Wildman–Crippen MR) is 89.0 cm³/mol. The minimum Gasteiger partial charge on any atom is -0.308 e. The summed E-state index contributed by atoms with van der Waals surface area (Å²) in [7, 11) is 4.27. The quantitative estimate of drug-likeness (QED) is 0.733. The third-order valence-electron chi connectivity index (χ3n) is 4.52. The van der Waals surface area contributed by atoms with Crippen LogP contribution in [0.2, 0.25) is 0 Å². The van der Waals surface area contributed by atoms with E-state index in [0.717, 1.165) is 18.5 Å². The van der Waals surface area contributed by atoms with Crippen molar-refractivity contribution in [3.63, 3.8) is 0 Å². The molecule has 0 spiro atoms. The minimum absolute atomic E-state index is 0.0861. The topological polar surface area (TPSA) is 15.3 Å². The zero-order chi connectivity index (χ0) is 15.8. The molecule has 0 saturated heterocycles. The van der Waals surface area contributed by atoms with Gasteiger partial charge in [-0.15, -0.1) is 0 Å². The summed E-state index contributed by atoms with van der Waals surface area (Å²) in [6, 6.07) is 7.66. The van der Waals surface area contributed by atoms with Gasteiger partial charge in [-0.1, -0.05) is 51.8 Å². The van der Waals surface area contributed by atoms with Crippen LogP contribution in [0.3, 0.4) is 0 Å². The van der Waals surface area contributed by atoms with Crippen LogP contribution in [0.4, 0.5) is 4.39 Å². The molecule has 0 aliphatic heterocycles. The second-order valence-electron chi connectivity index (χ2n) is 6.00. The van der Waals surface area contributed by atoms with Gasteiger partial charge in [0.2, 0.25) is 0 Å². The molecule has 0 aliphatic rings. The van der Waals surface area contributed by atoms with Gasteiger partial charge < -0.3 is 10.2 Å². The van der Waals surface area contributed by atoms with E-state index >= 15 is 0 Å². The van der Waals surface area contributed by atoms with Crippen LogP contribution in [0.25, 0.3) is 0 Å². The molecule has 3 heteroatoms. The van der Waals surface area contributed by atoms with Crippen molar-refractivity contribution < 1.29 is 4.39 Å². The summed E-state index contributed by atoms with van der Waals surface area (Å²) in [6.07, 6.45) is 3.25. The standard InChI is InChI=1S/C18H31FN2/c1-6-14(7-2)18(21(4)5)13-20-17(8-3)15-11-9-10-12-16(15)19/h9-12,14,17-18,20H,6-8,13H2,1-5H3. The van der Waals surface area contributed by atoms with Crippen molar-refractivity contribution in [2.24, 2.45) is 5.92 Å². The fourth-order valence-corrected chi connectivity index (χ4v) is 3.10. The second-order valence-corrected chi connectivity index (χ2v) is 6.00. The molecule has 2 nitrogen and oxygen atoms in total. The maximum Gasteiger partial charge on any atom is 0.127 e. The number of halogens is 1. The van der Waals surface area contributed by atoms with E-state index in [1.54, 1.807) is 12.1 Å². The number of rotatable bonds is 9. The summed E-state index contributed by atoms with van der Waals surface area (Å²) in [4.78, 5) is 2.29. The lowest BCUT2D eigenvalue weighted by atomic mass is 9.92. The lowest BCUT2D eigenvalue weighted by molar-refractivity contribution is 0.188. The Kier molecular flexibility index (Phi) is 7.91. The molecule has 0 bridgehead atoms. The summed E-state index contributed by atoms with van der Waals surface area (Å²) >= 11 is 0. The average molecular weight is 294 g/mol. The van der Waals surface area contributed by atoms with Crippen molar-refractivity contribution in [3.8, 4) is 0 Å². The van der Waals surface area contributed by atoms with Crippen molar-refractivity contribution in [2.45, 2.75) is 52.1 Å². The summed E-state index contributed by atoms with van der Waals surface area (Å²) < 4.78 is 14.0. The molecule has 2 atom stereocenters. The van der Waals surface area contributed by atoms with Crippen LogP contribution in [-0.4, -0.2) is 31.6 Å². The summed E-state index contributed by atoms with van der Waals surface area (Å²) in [5.74, 6) is 0.561. The Morgan fingerprint density at radius 1 is 1.05 bits per heavy atom. The van der Waals surface area contributed by atoms with Gasteiger partial charge in [-0.2, -0.15) is 0 Å². The van der Waals surface area contributed by atoms with E-state index < -0.39 is 0 Å². The van der Waals surface area contributed by atoms with Crippen molar-refractivity contribution in [2.75, 3.05) is 20.6 Å². The highest BCUT2D eigenvalue weighted by Gasteiger charge is 2.22. The zero-order valence-corrected chi connectivity index (χ0v) is 14.2. The van der Waals surface area contributed by atoms with Gasteiger partial charge in [0.05, 0.1) is 0 Å². The molecule has 0 fully saturated rings. The van der Waals surface area contributed by atoms with Gasteiger partial charge in [0, 0.05) is 24.2 Å². The SMILES string of the molecule is CCC(NCC(C(CC)CC)N(C)C)c1ccccc1F. The number of nitrogens with one attached hydrogen (secondary N) is 1. The van der Waals surface area contributed by atoms with Crippen LogP contribution in [0.5, 0.6) is 0 Å². The first-order valence-electron chi connectivity index (χ1n) is 8.19. The fraction of sp³-hybridized carbons (Fsp3) is 0.667. The highest BCUT2D eigenvalue weighted by molar-refractivity contribution is 5.21. The van der Waals surface area contributed by atoms with Crippen LogP contribution in [0.15, 0.2) is 24.3 Å². The van der Waals surface area contributed by atoms with Gasteiger partial charge in [0.25, 0.3) is 0 Å². The smallest absolute Gasteiger partial charge is 0.127 e. The van der Waals surface area contributed by atoms with Crippen LogP contribution < -0.4 is 5.32 Å². The van der Waals surface area contributed by atoms with E-state index in [-0.39, 0.29) is 11.9 Å². The normalized spacial score (nSPS) is 14.7. The average Bonchev–Trinajstić information content (AvgIpc) is 2.48. The Morgan fingerprint density at radius 3 is 2.14 bits per heavy atom. The molecule has 1 N–H and O–H groups in total. The molecule has 0 aromatic heterocycles. The lowest BCUT2D eigenvalue weighted by Gasteiger charge is -2.33. The van der Waals surface area contributed by atoms with Gasteiger partial charge in [0.1, 0.15) is 5.82 Å². The molecule has 120 valence electrons. The molecule has 2 unspecified atom stereocenters. The van der Waals surface area contributed by atoms with Gasteiger partial charge in [-0.3, -0.25) is 0 Å². The van der Waals surface area contributed by atoms with Crippen LogP contribution in [-0.2, 0) is 0 Å². The molecule has 0 heterocycles. The number of likely N-dealkylation sites (N-methyl/N-ethyl adjacent to an activating group) is 1. The van der Waals surface area contributed by atoms with E-state index in [4.69, 9.17) is 0 Å².